The van der Waals surface area contributed by atoms with E-state index in [0.717, 1.165) is 0 Å². The molecule has 0 amide bonds. The highest BCUT2D eigenvalue weighted by Crippen LogP contribution is 1.78. The third-order valence-electron chi connectivity index (χ3n) is 0.811. The summed E-state index contributed by atoms with van der Waals surface area (Å²) in [6.45, 7) is -0.151. The lowest BCUT2D eigenvalue weighted by Gasteiger charge is -2.05. The first-order chi connectivity index (χ1) is 3.68. The quantitative estimate of drug-likeness (QED) is 0.408. The van der Waals surface area contributed by atoms with Crippen LogP contribution in [-0.4, -0.2) is 23.7 Å². The zero-order chi connectivity index (χ0) is 6.57. The van der Waals surface area contributed by atoms with Crippen molar-refractivity contribution in [1.29, 1.82) is 0 Å². The van der Waals surface area contributed by atoms with Crippen molar-refractivity contribution in [3.63, 3.8) is 0 Å². The van der Waals surface area contributed by atoms with E-state index < -0.39 is 12.0 Å². The number of carboxylic acid groups (broad SMARTS) is 1. The molecule has 0 bridgehead atoms. The zero-order valence-electron chi connectivity index (χ0n) is 4.46. The summed E-state index contributed by atoms with van der Waals surface area (Å²) in [6, 6.07) is -0.778. The number of carbonyl (C=O) groups is 1. The van der Waals surface area contributed by atoms with Gasteiger partial charge in [0, 0.05) is 13.0 Å². The number of hydrogen-bond donors (Lipinski definition) is 2. The summed E-state index contributed by atoms with van der Waals surface area (Å²) >= 11 is 0. The molecule has 0 aliphatic heterocycles. The van der Waals surface area contributed by atoms with Crippen LogP contribution in [0.1, 0.15) is 6.42 Å². The Bertz CT molecular complexity index is 83.4. The van der Waals surface area contributed by atoms with Crippen molar-refractivity contribution in [2.45, 2.75) is 12.5 Å². The normalized spacial score (nSPS) is 13.2. The Morgan fingerprint density at radius 2 is 2.38 bits per heavy atom. The van der Waals surface area contributed by atoms with E-state index in [1.165, 1.54) is 0 Å². The van der Waals surface area contributed by atoms with Crippen LogP contribution in [0.2, 0.25) is 0 Å². The number of carbonyl (C=O) groups excluding carboxylic acids is 1. The van der Waals surface area contributed by atoms with Crippen LogP contribution in [0, 0.1) is 0 Å². The Morgan fingerprint density at radius 3 is 2.50 bits per heavy atom. The van der Waals surface area contributed by atoms with Crippen LogP contribution >= 0.6 is 0 Å². The summed E-state index contributed by atoms with van der Waals surface area (Å²) in [7, 11) is 0. The smallest absolute Gasteiger partial charge is 0.127 e. The predicted octanol–water partition coefficient (Wildman–Crippen LogP) is -3.27. The maximum absolute atomic E-state index is 9.80. The minimum atomic E-state index is -1.21. The molecule has 0 aromatic rings. The SMILES string of the molecule is [NH3+][C@H](CCO)C(=O)[O-]. The van der Waals surface area contributed by atoms with Gasteiger partial charge >= 0.3 is 0 Å². The average Bonchev–Trinajstić information content (AvgIpc) is 1.67. The average molecular weight is 119 g/mol. The number of hydrogen-bond acceptors (Lipinski definition) is 3. The highest BCUT2D eigenvalue weighted by Gasteiger charge is 2.03. The fourth-order valence-corrected chi connectivity index (χ4v) is 0.274. The molecule has 0 unspecified atom stereocenters. The fraction of sp³-hybridized carbons (Fsp3) is 0.750. The maximum Gasteiger partial charge on any atom is 0.127 e. The molecule has 0 aromatic heterocycles. The number of carboxylic acids is 1. The van der Waals surface area contributed by atoms with Gasteiger partial charge in [-0.15, -0.1) is 0 Å². The molecule has 48 valence electrons. The third-order valence-corrected chi connectivity index (χ3v) is 0.811. The fourth-order valence-electron chi connectivity index (χ4n) is 0.274. The number of aliphatic carboxylic acids is 1. The van der Waals surface area contributed by atoms with Gasteiger partial charge < -0.3 is 20.7 Å². The van der Waals surface area contributed by atoms with Crippen LogP contribution in [0.5, 0.6) is 0 Å². The first-order valence-corrected chi connectivity index (χ1v) is 2.33. The Kier molecular flexibility index (Phi) is 3.14. The zero-order valence-corrected chi connectivity index (χ0v) is 4.46. The van der Waals surface area contributed by atoms with E-state index in [9.17, 15) is 9.90 Å². The van der Waals surface area contributed by atoms with Gasteiger partial charge in [0.1, 0.15) is 6.04 Å². The maximum atomic E-state index is 9.80. The summed E-state index contributed by atoms with van der Waals surface area (Å²) in [4.78, 5) is 9.80. The van der Waals surface area contributed by atoms with Gasteiger partial charge in [-0.25, -0.2) is 0 Å². The van der Waals surface area contributed by atoms with Gasteiger partial charge in [-0.1, -0.05) is 0 Å². The van der Waals surface area contributed by atoms with Crippen molar-refractivity contribution in [2.24, 2.45) is 0 Å². The molecule has 4 N–H and O–H groups in total. The Labute approximate surface area is 46.9 Å². The molecule has 0 saturated carbocycles. The number of quaternary nitrogens is 1. The molecule has 0 fully saturated rings. The summed E-state index contributed by atoms with van der Waals surface area (Å²) in [5.41, 5.74) is 3.21. The number of rotatable bonds is 3. The second-order valence-corrected chi connectivity index (χ2v) is 1.53. The van der Waals surface area contributed by atoms with Crippen LogP contribution in [0.15, 0.2) is 0 Å². The van der Waals surface area contributed by atoms with E-state index in [4.69, 9.17) is 5.11 Å². The first-order valence-electron chi connectivity index (χ1n) is 2.33. The lowest BCUT2D eigenvalue weighted by atomic mass is 10.2. The summed E-state index contributed by atoms with van der Waals surface area (Å²) in [5.74, 6) is -1.21. The van der Waals surface area contributed by atoms with Gasteiger partial charge in [0.2, 0.25) is 0 Å². The third kappa shape index (κ3) is 2.54. The molecule has 0 aromatic carbocycles. The van der Waals surface area contributed by atoms with E-state index in [1.54, 1.807) is 0 Å². The Hall–Kier alpha value is -0.610. The van der Waals surface area contributed by atoms with Crippen LogP contribution in [0.3, 0.4) is 0 Å². The molecular formula is C4H9NO3. The van der Waals surface area contributed by atoms with Crippen molar-refractivity contribution in [3.8, 4) is 0 Å². The summed E-state index contributed by atoms with van der Waals surface area (Å²) in [5, 5.41) is 18.0. The molecule has 0 aliphatic carbocycles. The largest absolute Gasteiger partial charge is 0.544 e. The van der Waals surface area contributed by atoms with Crippen LogP contribution in [-0.2, 0) is 4.79 Å². The molecule has 1 atom stereocenters. The first kappa shape index (κ1) is 7.39. The lowest BCUT2D eigenvalue weighted by Crippen LogP contribution is -2.68. The standard InChI is InChI=1S/C4H9NO3/c5-3(1-2-6)4(7)8/h3,6H,1-2,5H2,(H,7,8)/t3-/m1/s1. The monoisotopic (exact) mass is 119 g/mol. The Morgan fingerprint density at radius 1 is 1.88 bits per heavy atom. The van der Waals surface area contributed by atoms with Crippen molar-refractivity contribution < 1.29 is 20.7 Å². The molecule has 0 saturated heterocycles. The minimum Gasteiger partial charge on any atom is -0.544 e. The number of aliphatic hydroxyl groups excluding tert-OH is 1. The van der Waals surface area contributed by atoms with Crippen molar-refractivity contribution >= 4 is 5.97 Å². The second kappa shape index (κ2) is 3.40. The van der Waals surface area contributed by atoms with Crippen molar-refractivity contribution in [1.82, 2.24) is 0 Å². The van der Waals surface area contributed by atoms with E-state index in [0.29, 0.717) is 0 Å². The van der Waals surface area contributed by atoms with Gasteiger partial charge in [0.05, 0.1) is 5.97 Å². The van der Waals surface area contributed by atoms with Gasteiger partial charge in [-0.2, -0.15) is 0 Å². The van der Waals surface area contributed by atoms with Crippen LogP contribution in [0.4, 0.5) is 0 Å². The second-order valence-electron chi connectivity index (χ2n) is 1.53. The van der Waals surface area contributed by atoms with E-state index >= 15 is 0 Å². The summed E-state index contributed by atoms with van der Waals surface area (Å²) in [6.07, 6.45) is 0.169. The van der Waals surface area contributed by atoms with Gasteiger partial charge in [-0.3, -0.25) is 0 Å². The van der Waals surface area contributed by atoms with E-state index in [-0.39, 0.29) is 13.0 Å². The number of aliphatic hydroxyl groups is 1. The molecule has 4 nitrogen and oxygen atoms in total. The van der Waals surface area contributed by atoms with Gasteiger partial charge in [0.15, 0.2) is 0 Å². The van der Waals surface area contributed by atoms with Crippen molar-refractivity contribution in [3.05, 3.63) is 0 Å². The van der Waals surface area contributed by atoms with E-state index in [2.05, 4.69) is 5.73 Å². The van der Waals surface area contributed by atoms with Crippen LogP contribution < -0.4 is 10.8 Å². The Balaban J connectivity index is 3.32. The molecule has 4 heteroatoms. The van der Waals surface area contributed by atoms with Gasteiger partial charge in [0.25, 0.3) is 0 Å². The highest BCUT2D eigenvalue weighted by molar-refractivity contribution is 5.68. The summed E-state index contributed by atoms with van der Waals surface area (Å²) < 4.78 is 0. The lowest BCUT2D eigenvalue weighted by molar-refractivity contribution is -0.439. The van der Waals surface area contributed by atoms with Crippen LogP contribution in [0.25, 0.3) is 0 Å². The molecule has 0 spiro atoms. The minimum absolute atomic E-state index is 0.151. The highest BCUT2D eigenvalue weighted by atomic mass is 16.4. The van der Waals surface area contributed by atoms with E-state index in [1.807, 2.05) is 0 Å². The van der Waals surface area contributed by atoms with Crippen molar-refractivity contribution in [2.75, 3.05) is 6.61 Å². The molecule has 0 radical (unpaired) electrons. The molecule has 0 aliphatic rings. The molecule has 8 heavy (non-hydrogen) atoms. The predicted molar refractivity (Wildman–Crippen MR) is 23.4 cm³/mol. The molecule has 0 rings (SSSR count). The topological polar surface area (TPSA) is 88.0 Å². The molecular weight excluding hydrogens is 110 g/mol. The van der Waals surface area contributed by atoms with Gasteiger partial charge in [-0.05, 0) is 0 Å². The molecule has 0 heterocycles.